The summed E-state index contributed by atoms with van der Waals surface area (Å²) < 4.78 is 12.7. The smallest absolute Gasteiger partial charge is 0.123 e. The van der Waals surface area contributed by atoms with Gasteiger partial charge in [-0.15, -0.1) is 0 Å². The maximum Gasteiger partial charge on any atom is 0.123 e. The van der Waals surface area contributed by atoms with E-state index in [1.165, 1.54) is 0 Å². The van der Waals surface area contributed by atoms with Gasteiger partial charge in [0.25, 0.3) is 0 Å². The van der Waals surface area contributed by atoms with E-state index in [2.05, 4.69) is 133 Å². The topological polar surface area (TPSA) is 99.4 Å². The van der Waals surface area contributed by atoms with Crippen molar-refractivity contribution in [3.05, 3.63) is 231 Å². The first-order chi connectivity index (χ1) is 36.3. The highest BCUT2D eigenvalue weighted by atomic mass is 16.5. The van der Waals surface area contributed by atoms with E-state index in [4.69, 9.17) is 9.47 Å². The molecule has 0 radical (unpaired) electrons. The zero-order valence-corrected chi connectivity index (χ0v) is 40.4. The number of fused-ring (bicyclic) bond motifs is 4. The van der Waals surface area contributed by atoms with E-state index in [9.17, 15) is 20.4 Å². The van der Waals surface area contributed by atoms with Crippen LogP contribution in [0.3, 0.4) is 0 Å². The first-order valence-electron chi connectivity index (χ1n) is 24.9. The Kier molecular flexibility index (Phi) is 12.1. The molecule has 6 nitrogen and oxygen atoms in total. The molecule has 358 valence electrons. The summed E-state index contributed by atoms with van der Waals surface area (Å²) >= 11 is 0. The Hall–Kier alpha value is -9.52. The second-order valence-corrected chi connectivity index (χ2v) is 18.8. The van der Waals surface area contributed by atoms with Gasteiger partial charge in [-0.2, -0.15) is 0 Å². The van der Waals surface area contributed by atoms with E-state index < -0.39 is 0 Å². The highest BCUT2D eigenvalue weighted by Gasteiger charge is 2.18. The third-order valence-corrected chi connectivity index (χ3v) is 14.1. The molecule has 74 heavy (non-hydrogen) atoms. The largest absolute Gasteiger partial charge is 0.508 e. The molecule has 0 fully saturated rings. The third kappa shape index (κ3) is 8.84. The minimum atomic E-state index is 0.147. The molecule has 0 saturated carbocycles. The highest BCUT2D eigenvalue weighted by molar-refractivity contribution is 6.06. The number of unbranched alkanes of at least 4 members (excludes halogenated alkanes) is 1. The number of phenols is 4. The predicted octanol–water partition coefficient (Wildman–Crippen LogP) is 17.4. The molecule has 0 amide bonds. The maximum atomic E-state index is 10.7. The first-order valence-corrected chi connectivity index (χ1v) is 24.9. The van der Waals surface area contributed by atoms with Crippen molar-refractivity contribution in [2.24, 2.45) is 0 Å². The van der Waals surface area contributed by atoms with Crippen LogP contribution >= 0.6 is 0 Å². The summed E-state index contributed by atoms with van der Waals surface area (Å²) in [5.41, 5.74) is 12.5. The van der Waals surface area contributed by atoms with Crippen LogP contribution in [0.5, 0.6) is 34.5 Å². The Labute approximate surface area is 428 Å². The second kappa shape index (κ2) is 19.6. The van der Waals surface area contributed by atoms with Crippen molar-refractivity contribution in [3.8, 4) is 101 Å². The van der Waals surface area contributed by atoms with Crippen LogP contribution < -0.4 is 9.47 Å². The number of hydrogen-bond acceptors (Lipinski definition) is 6. The van der Waals surface area contributed by atoms with Gasteiger partial charge in [0.2, 0.25) is 0 Å². The van der Waals surface area contributed by atoms with Crippen LogP contribution in [0.1, 0.15) is 12.8 Å². The molecule has 6 heteroatoms. The predicted molar refractivity (Wildman–Crippen MR) is 302 cm³/mol. The number of rotatable bonds is 13. The van der Waals surface area contributed by atoms with Crippen LogP contribution in [0, 0.1) is 0 Å². The van der Waals surface area contributed by atoms with Gasteiger partial charge in [-0.3, -0.25) is 0 Å². The van der Waals surface area contributed by atoms with Crippen LogP contribution in [0.4, 0.5) is 0 Å². The average Bonchev–Trinajstić information content (AvgIpc) is 3.44. The number of benzene rings is 12. The van der Waals surface area contributed by atoms with Gasteiger partial charge in [0.1, 0.15) is 34.5 Å². The summed E-state index contributed by atoms with van der Waals surface area (Å²) in [5.74, 6) is 2.29. The van der Waals surface area contributed by atoms with E-state index in [1.54, 1.807) is 48.5 Å². The van der Waals surface area contributed by atoms with Crippen molar-refractivity contribution in [1.82, 2.24) is 0 Å². The third-order valence-electron chi connectivity index (χ3n) is 14.1. The van der Waals surface area contributed by atoms with Gasteiger partial charge in [0, 0.05) is 10.8 Å². The Bertz CT molecular complexity index is 3830. The van der Waals surface area contributed by atoms with Crippen LogP contribution in [0.15, 0.2) is 231 Å². The van der Waals surface area contributed by atoms with Gasteiger partial charge in [0.05, 0.1) is 13.2 Å². The van der Waals surface area contributed by atoms with Crippen molar-refractivity contribution in [2.45, 2.75) is 12.8 Å². The fourth-order valence-electron chi connectivity index (χ4n) is 10.5. The number of hydrogen-bond donors (Lipinski definition) is 4. The molecule has 12 aromatic rings. The van der Waals surface area contributed by atoms with Gasteiger partial charge < -0.3 is 29.9 Å². The molecule has 0 aliphatic rings. The Morgan fingerprint density at radius 1 is 0.257 bits per heavy atom. The maximum absolute atomic E-state index is 10.7. The van der Waals surface area contributed by atoms with Gasteiger partial charge in [-0.05, 0) is 197 Å². The lowest BCUT2D eigenvalue weighted by molar-refractivity contribution is 0.267. The molecule has 0 saturated heterocycles. The summed E-state index contributed by atoms with van der Waals surface area (Å²) in [6, 6.07) is 76.5. The number of aromatic hydroxyl groups is 4. The van der Waals surface area contributed by atoms with E-state index >= 15 is 0 Å². The van der Waals surface area contributed by atoms with Gasteiger partial charge in [-0.1, -0.05) is 146 Å². The summed E-state index contributed by atoms with van der Waals surface area (Å²) in [6.45, 7) is 1.12. The summed E-state index contributed by atoms with van der Waals surface area (Å²) in [5, 5.41) is 49.6. The molecule has 12 aromatic carbocycles. The summed E-state index contributed by atoms with van der Waals surface area (Å²) in [6.07, 6.45) is 1.66. The normalized spacial score (nSPS) is 11.4. The van der Waals surface area contributed by atoms with Crippen molar-refractivity contribution < 1.29 is 29.9 Å². The van der Waals surface area contributed by atoms with Crippen LogP contribution in [0.2, 0.25) is 0 Å². The molecular formula is C68H50O6. The first kappa shape index (κ1) is 45.6. The Morgan fingerprint density at radius 2 is 0.608 bits per heavy atom. The molecule has 0 bridgehead atoms. The minimum Gasteiger partial charge on any atom is -0.508 e. The fraction of sp³-hybridized carbons (Fsp3) is 0.0588. The lowest BCUT2D eigenvalue weighted by atomic mass is 9.87. The Balaban J connectivity index is 0.722. The molecule has 4 N–H and O–H groups in total. The summed E-state index contributed by atoms with van der Waals surface area (Å²) in [7, 11) is 0. The average molecular weight is 963 g/mol. The van der Waals surface area contributed by atoms with Crippen LogP contribution in [-0.2, 0) is 0 Å². The molecular weight excluding hydrogens is 913 g/mol. The van der Waals surface area contributed by atoms with Crippen molar-refractivity contribution >= 4 is 43.1 Å². The monoisotopic (exact) mass is 962 g/mol. The highest BCUT2D eigenvalue weighted by Crippen LogP contribution is 2.45. The molecule has 0 spiro atoms. The van der Waals surface area contributed by atoms with Crippen molar-refractivity contribution in [2.75, 3.05) is 13.2 Å². The zero-order chi connectivity index (χ0) is 50.1. The van der Waals surface area contributed by atoms with E-state index in [0.29, 0.717) is 24.0 Å². The molecule has 0 aliphatic heterocycles. The lowest BCUT2D eigenvalue weighted by Crippen LogP contribution is -2.02. The van der Waals surface area contributed by atoms with E-state index in [0.717, 1.165) is 123 Å². The van der Waals surface area contributed by atoms with Crippen LogP contribution in [0.25, 0.3) is 110 Å². The molecule has 0 atom stereocenters. The zero-order valence-electron chi connectivity index (χ0n) is 40.4. The molecule has 12 rings (SSSR count). The van der Waals surface area contributed by atoms with Crippen LogP contribution in [-0.4, -0.2) is 33.6 Å². The van der Waals surface area contributed by atoms with Gasteiger partial charge in [0.15, 0.2) is 0 Å². The van der Waals surface area contributed by atoms with E-state index in [-0.39, 0.29) is 23.0 Å². The second-order valence-electron chi connectivity index (χ2n) is 18.8. The Morgan fingerprint density at radius 3 is 1.01 bits per heavy atom. The fourth-order valence-corrected chi connectivity index (χ4v) is 10.5. The van der Waals surface area contributed by atoms with E-state index in [1.807, 2.05) is 48.5 Å². The lowest BCUT2D eigenvalue weighted by Gasteiger charge is -2.17. The number of phenolic OH excluding ortho intramolecular Hbond substituents is 4. The standard InChI is InChI=1S/C68H50O6/c69-49-25-29-63-65(41-49)61(31-33-67(63)71)59-17-7-5-15-57(59)55-13-3-1-11-53(55)45-21-19-43-23-27-51(39-47(43)37-45)73-35-9-10-36-74-52-28-24-44-20-22-46(38-48(44)40-52)54-12-2-4-14-56(54)58-16-6-8-18-60(58)62-32-34-68(72)64-30-26-50(70)42-66(62)64/h1-8,11-34,37-42,69-72H,9-10,35-36H2. The molecule has 0 aliphatic carbocycles. The molecule has 0 heterocycles. The van der Waals surface area contributed by atoms with Gasteiger partial charge in [-0.25, -0.2) is 0 Å². The van der Waals surface area contributed by atoms with Gasteiger partial charge >= 0.3 is 0 Å². The molecule has 0 unspecified atom stereocenters. The quantitative estimate of drug-likeness (QED) is 0.0859. The van der Waals surface area contributed by atoms with Crippen molar-refractivity contribution in [1.29, 1.82) is 0 Å². The summed E-state index contributed by atoms with van der Waals surface area (Å²) in [4.78, 5) is 0. The SMILES string of the molecule is Oc1ccc2c(O)ccc(-c3ccccc3-c3ccccc3-c3ccc4ccc(OCCCCOc5ccc6ccc(-c7ccccc7-c7ccccc7-c7ccc(O)c8ccc(O)cc78)cc6c5)cc4c3)c2c1. The van der Waals surface area contributed by atoms with Crippen molar-refractivity contribution in [3.63, 3.8) is 0 Å². The number of ether oxygens (including phenoxy) is 2. The minimum absolute atomic E-state index is 0.147. The molecule has 0 aromatic heterocycles.